The molecular weight excluding hydrogens is 266 g/mol. The van der Waals surface area contributed by atoms with Gasteiger partial charge in [-0.1, -0.05) is 31.2 Å². The Kier molecular flexibility index (Phi) is 3.61. The van der Waals surface area contributed by atoms with E-state index in [0.717, 1.165) is 22.2 Å². The summed E-state index contributed by atoms with van der Waals surface area (Å²) in [4.78, 5) is 16.6. The number of aromatic nitrogens is 1. The molecule has 2 nitrogen and oxygen atoms in total. The quantitative estimate of drug-likeness (QED) is 0.668. The number of thiophene rings is 1. The molecule has 0 unspecified atom stereocenters. The molecule has 0 aliphatic heterocycles. The number of carbonyl (C=O) groups excluding carboxylic acids is 1. The number of nitrogens with zero attached hydrogens (tertiary/aromatic N) is 1. The second-order valence-corrected chi connectivity index (χ2v) is 5.75. The summed E-state index contributed by atoms with van der Waals surface area (Å²) in [7, 11) is 0. The summed E-state index contributed by atoms with van der Waals surface area (Å²) >= 11 is 1.62. The highest BCUT2D eigenvalue weighted by Crippen LogP contribution is 2.20. The van der Waals surface area contributed by atoms with Gasteiger partial charge in [-0.3, -0.25) is 9.78 Å². The number of aryl methyl sites for hydroxylation is 1. The third-order valence-electron chi connectivity index (χ3n) is 3.42. The predicted molar refractivity (Wildman–Crippen MR) is 83.5 cm³/mol. The van der Waals surface area contributed by atoms with E-state index in [4.69, 9.17) is 0 Å². The van der Waals surface area contributed by atoms with E-state index in [1.54, 1.807) is 17.5 Å². The zero-order valence-corrected chi connectivity index (χ0v) is 12.1. The maximum atomic E-state index is 12.3. The van der Waals surface area contributed by atoms with Gasteiger partial charge in [0, 0.05) is 18.2 Å². The first-order valence-electron chi connectivity index (χ1n) is 6.70. The summed E-state index contributed by atoms with van der Waals surface area (Å²) in [6.45, 7) is 2.13. The molecule has 0 fully saturated rings. The molecule has 1 aromatic carbocycles. The smallest absolute Gasteiger partial charge is 0.168 e. The van der Waals surface area contributed by atoms with Gasteiger partial charge in [0.05, 0.1) is 10.2 Å². The molecular formula is C17H15NOS. The van der Waals surface area contributed by atoms with Crippen LogP contribution in [0.3, 0.4) is 0 Å². The van der Waals surface area contributed by atoms with Crippen molar-refractivity contribution >= 4 is 27.3 Å². The number of benzene rings is 1. The average Bonchev–Trinajstić information content (AvgIpc) is 2.95. The number of pyridine rings is 1. The Bertz CT molecular complexity index is 743. The lowest BCUT2D eigenvalue weighted by Gasteiger charge is -2.03. The third kappa shape index (κ3) is 2.63. The Hall–Kier alpha value is -2.00. The SMILES string of the molecule is CCc1ccc(CC(=O)c2cnc3ccsc3c2)cc1. The molecule has 0 N–H and O–H groups in total. The molecule has 0 atom stereocenters. The van der Waals surface area contributed by atoms with Crippen molar-refractivity contribution in [3.8, 4) is 0 Å². The summed E-state index contributed by atoms with van der Waals surface area (Å²) in [5.74, 6) is 0.122. The summed E-state index contributed by atoms with van der Waals surface area (Å²) in [6.07, 6.45) is 3.13. The fourth-order valence-corrected chi connectivity index (χ4v) is 2.96. The Morgan fingerprint density at radius 1 is 1.15 bits per heavy atom. The van der Waals surface area contributed by atoms with Gasteiger partial charge in [-0.2, -0.15) is 0 Å². The minimum absolute atomic E-state index is 0.122. The Morgan fingerprint density at radius 3 is 2.65 bits per heavy atom. The lowest BCUT2D eigenvalue weighted by atomic mass is 10.0. The highest BCUT2D eigenvalue weighted by atomic mass is 32.1. The third-order valence-corrected chi connectivity index (χ3v) is 4.27. The molecule has 0 spiro atoms. The van der Waals surface area contributed by atoms with Crippen molar-refractivity contribution in [2.24, 2.45) is 0 Å². The van der Waals surface area contributed by atoms with Crippen molar-refractivity contribution < 1.29 is 4.79 Å². The molecule has 3 rings (SSSR count). The van der Waals surface area contributed by atoms with Crippen molar-refractivity contribution in [1.29, 1.82) is 0 Å². The molecule has 0 saturated heterocycles. The van der Waals surface area contributed by atoms with Gasteiger partial charge in [-0.15, -0.1) is 11.3 Å². The van der Waals surface area contributed by atoms with Crippen molar-refractivity contribution in [3.05, 3.63) is 64.7 Å². The normalized spacial score (nSPS) is 10.8. The van der Waals surface area contributed by atoms with Crippen LogP contribution in [0.15, 0.2) is 48.0 Å². The Morgan fingerprint density at radius 2 is 1.90 bits per heavy atom. The minimum Gasteiger partial charge on any atom is -0.294 e. The standard InChI is InChI=1S/C17H15NOS/c1-2-12-3-5-13(6-4-12)9-16(19)14-10-17-15(18-11-14)7-8-20-17/h3-8,10-11H,2,9H2,1H3. The van der Waals surface area contributed by atoms with Gasteiger partial charge in [0.25, 0.3) is 0 Å². The predicted octanol–water partition coefficient (Wildman–Crippen LogP) is 4.28. The van der Waals surface area contributed by atoms with Gasteiger partial charge in [0.2, 0.25) is 0 Å². The largest absolute Gasteiger partial charge is 0.294 e. The van der Waals surface area contributed by atoms with Crippen LogP contribution in [0.2, 0.25) is 0 Å². The van der Waals surface area contributed by atoms with Gasteiger partial charge in [0.15, 0.2) is 5.78 Å². The molecule has 3 heteroatoms. The fraction of sp³-hybridized carbons (Fsp3) is 0.176. The number of ketones is 1. The van der Waals surface area contributed by atoms with Crippen molar-refractivity contribution in [2.45, 2.75) is 19.8 Å². The zero-order valence-electron chi connectivity index (χ0n) is 11.3. The first-order valence-corrected chi connectivity index (χ1v) is 7.58. The van der Waals surface area contributed by atoms with Crippen molar-refractivity contribution in [1.82, 2.24) is 4.98 Å². The monoisotopic (exact) mass is 281 g/mol. The lowest BCUT2D eigenvalue weighted by molar-refractivity contribution is 0.0993. The topological polar surface area (TPSA) is 30.0 Å². The van der Waals surface area contributed by atoms with Crippen molar-refractivity contribution in [3.63, 3.8) is 0 Å². The lowest BCUT2D eigenvalue weighted by Crippen LogP contribution is -2.04. The Balaban J connectivity index is 1.80. The minimum atomic E-state index is 0.122. The molecule has 0 bridgehead atoms. The number of Topliss-reactive ketones (excluding diaryl/α,β-unsaturated/α-hetero) is 1. The molecule has 0 amide bonds. The van der Waals surface area contributed by atoms with Crippen LogP contribution in [0, 0.1) is 0 Å². The van der Waals surface area contributed by atoms with Crippen LogP contribution < -0.4 is 0 Å². The molecule has 0 saturated carbocycles. The van der Waals surface area contributed by atoms with Gasteiger partial charge < -0.3 is 0 Å². The molecule has 2 aromatic heterocycles. The van der Waals surface area contributed by atoms with Crippen LogP contribution in [-0.2, 0) is 12.8 Å². The number of rotatable bonds is 4. The van der Waals surface area contributed by atoms with Crippen molar-refractivity contribution in [2.75, 3.05) is 0 Å². The van der Waals surface area contributed by atoms with Crippen LogP contribution in [0.1, 0.15) is 28.4 Å². The summed E-state index contributed by atoms with van der Waals surface area (Å²) in [5, 5.41) is 2.00. The van der Waals surface area contributed by atoms with Gasteiger partial charge >= 0.3 is 0 Å². The molecule has 2 heterocycles. The molecule has 100 valence electrons. The number of hydrogen-bond acceptors (Lipinski definition) is 3. The Labute approximate surface area is 122 Å². The van der Waals surface area contributed by atoms with E-state index in [0.29, 0.717) is 12.0 Å². The average molecular weight is 281 g/mol. The van der Waals surface area contributed by atoms with Crippen LogP contribution in [0.25, 0.3) is 10.2 Å². The fourth-order valence-electron chi connectivity index (χ4n) is 2.18. The first kappa shape index (κ1) is 13.0. The number of carbonyl (C=O) groups is 1. The molecule has 0 aliphatic carbocycles. The van der Waals surface area contributed by atoms with E-state index in [9.17, 15) is 4.79 Å². The highest BCUT2D eigenvalue weighted by molar-refractivity contribution is 7.17. The molecule has 0 aliphatic rings. The molecule has 0 radical (unpaired) electrons. The van der Waals surface area contributed by atoms with Gasteiger partial charge in [-0.05, 0) is 35.1 Å². The van der Waals surface area contributed by atoms with E-state index >= 15 is 0 Å². The maximum Gasteiger partial charge on any atom is 0.168 e. The second-order valence-electron chi connectivity index (χ2n) is 4.80. The van der Waals surface area contributed by atoms with Gasteiger partial charge in [-0.25, -0.2) is 0 Å². The molecule has 3 aromatic rings. The van der Waals surface area contributed by atoms with Crippen LogP contribution >= 0.6 is 11.3 Å². The van der Waals surface area contributed by atoms with Crippen LogP contribution in [0.5, 0.6) is 0 Å². The van der Waals surface area contributed by atoms with E-state index < -0.39 is 0 Å². The second kappa shape index (κ2) is 5.55. The number of hydrogen-bond donors (Lipinski definition) is 0. The summed E-state index contributed by atoms with van der Waals surface area (Å²) < 4.78 is 1.07. The van der Waals surface area contributed by atoms with E-state index in [1.165, 1.54) is 5.56 Å². The van der Waals surface area contributed by atoms with Gasteiger partial charge in [0.1, 0.15) is 0 Å². The highest BCUT2D eigenvalue weighted by Gasteiger charge is 2.09. The summed E-state index contributed by atoms with van der Waals surface area (Å²) in [5.41, 5.74) is 4.00. The van der Waals surface area contributed by atoms with E-state index in [1.807, 2.05) is 29.6 Å². The van der Waals surface area contributed by atoms with Crippen LogP contribution in [-0.4, -0.2) is 10.8 Å². The first-order chi connectivity index (χ1) is 9.76. The van der Waals surface area contributed by atoms with Crippen LogP contribution in [0.4, 0.5) is 0 Å². The molecule has 20 heavy (non-hydrogen) atoms. The zero-order chi connectivity index (χ0) is 13.9. The number of fused-ring (bicyclic) bond motifs is 1. The maximum absolute atomic E-state index is 12.3. The van der Waals surface area contributed by atoms with E-state index in [2.05, 4.69) is 24.0 Å². The summed E-state index contributed by atoms with van der Waals surface area (Å²) in [6, 6.07) is 12.2. The van der Waals surface area contributed by atoms with E-state index in [-0.39, 0.29) is 5.78 Å².